The minimum atomic E-state index is -0.00789. The van der Waals surface area contributed by atoms with E-state index >= 15 is 0 Å². The third-order valence-corrected chi connectivity index (χ3v) is 2.86. The Hall–Kier alpha value is -1.14. The molecule has 0 saturated heterocycles. The standard InChI is InChI=1S/C13H12INO2/c1-9-5-10(8-16)6-13(15-9)17-12-4-2-3-11(14)7-12/h2-7,16H,8H2,1H3. The van der Waals surface area contributed by atoms with Crippen LogP contribution in [0.4, 0.5) is 0 Å². The highest BCUT2D eigenvalue weighted by Gasteiger charge is 2.02. The number of hydrogen-bond donors (Lipinski definition) is 1. The first-order valence-electron chi connectivity index (χ1n) is 5.19. The summed E-state index contributed by atoms with van der Waals surface area (Å²) in [5.74, 6) is 1.26. The van der Waals surface area contributed by atoms with Gasteiger partial charge in [0.2, 0.25) is 5.88 Å². The molecular formula is C13H12INO2. The molecule has 1 heterocycles. The molecule has 1 N–H and O–H groups in total. The third-order valence-electron chi connectivity index (χ3n) is 2.19. The van der Waals surface area contributed by atoms with Gasteiger partial charge in [0.25, 0.3) is 0 Å². The highest BCUT2D eigenvalue weighted by Crippen LogP contribution is 2.22. The van der Waals surface area contributed by atoms with Gasteiger partial charge in [-0.05, 0) is 59.3 Å². The summed E-state index contributed by atoms with van der Waals surface area (Å²) in [5.41, 5.74) is 1.63. The molecule has 0 bridgehead atoms. The largest absolute Gasteiger partial charge is 0.439 e. The van der Waals surface area contributed by atoms with Gasteiger partial charge in [0.05, 0.1) is 6.61 Å². The molecule has 17 heavy (non-hydrogen) atoms. The van der Waals surface area contributed by atoms with Crippen molar-refractivity contribution in [3.63, 3.8) is 0 Å². The van der Waals surface area contributed by atoms with Gasteiger partial charge in [-0.15, -0.1) is 0 Å². The van der Waals surface area contributed by atoms with E-state index in [1.54, 1.807) is 6.07 Å². The zero-order valence-corrected chi connectivity index (χ0v) is 11.5. The van der Waals surface area contributed by atoms with Crippen molar-refractivity contribution in [1.82, 2.24) is 4.98 Å². The molecule has 0 unspecified atom stereocenters. The smallest absolute Gasteiger partial charge is 0.219 e. The van der Waals surface area contributed by atoms with Crippen molar-refractivity contribution in [3.05, 3.63) is 51.2 Å². The predicted octanol–water partition coefficient (Wildman–Crippen LogP) is 3.28. The lowest BCUT2D eigenvalue weighted by molar-refractivity contribution is 0.281. The summed E-state index contributed by atoms with van der Waals surface area (Å²) in [7, 11) is 0. The van der Waals surface area contributed by atoms with E-state index < -0.39 is 0 Å². The number of aliphatic hydroxyl groups is 1. The van der Waals surface area contributed by atoms with Gasteiger partial charge >= 0.3 is 0 Å². The van der Waals surface area contributed by atoms with Crippen LogP contribution < -0.4 is 4.74 Å². The predicted molar refractivity (Wildman–Crippen MR) is 74.1 cm³/mol. The summed E-state index contributed by atoms with van der Waals surface area (Å²) in [6.07, 6.45) is 0. The average Bonchev–Trinajstić information content (AvgIpc) is 2.28. The van der Waals surface area contributed by atoms with Crippen LogP contribution in [0.3, 0.4) is 0 Å². The molecule has 2 aromatic rings. The van der Waals surface area contributed by atoms with E-state index in [1.807, 2.05) is 37.3 Å². The molecule has 0 spiro atoms. The van der Waals surface area contributed by atoms with Gasteiger partial charge < -0.3 is 9.84 Å². The Morgan fingerprint density at radius 3 is 2.82 bits per heavy atom. The lowest BCUT2D eigenvalue weighted by atomic mass is 10.2. The van der Waals surface area contributed by atoms with Crippen LogP contribution in [0, 0.1) is 10.5 Å². The molecule has 88 valence electrons. The van der Waals surface area contributed by atoms with Gasteiger partial charge in [-0.25, -0.2) is 4.98 Å². The van der Waals surface area contributed by atoms with E-state index in [1.165, 1.54) is 0 Å². The lowest BCUT2D eigenvalue weighted by Crippen LogP contribution is -1.93. The Morgan fingerprint density at radius 1 is 1.29 bits per heavy atom. The number of ether oxygens (including phenoxy) is 1. The number of pyridine rings is 1. The summed E-state index contributed by atoms with van der Waals surface area (Å²) in [4.78, 5) is 4.27. The van der Waals surface area contributed by atoms with Gasteiger partial charge in [-0.1, -0.05) is 6.07 Å². The van der Waals surface area contributed by atoms with E-state index in [0.29, 0.717) is 5.88 Å². The number of aromatic nitrogens is 1. The first kappa shape index (κ1) is 12.3. The normalized spacial score (nSPS) is 10.3. The fraction of sp³-hybridized carbons (Fsp3) is 0.154. The molecule has 0 fully saturated rings. The molecule has 0 aliphatic carbocycles. The van der Waals surface area contributed by atoms with Crippen molar-refractivity contribution in [2.45, 2.75) is 13.5 Å². The molecule has 0 amide bonds. The number of benzene rings is 1. The Bertz CT molecular complexity index is 529. The van der Waals surface area contributed by atoms with E-state index in [-0.39, 0.29) is 6.61 Å². The molecule has 0 atom stereocenters. The van der Waals surface area contributed by atoms with E-state index in [4.69, 9.17) is 9.84 Å². The number of nitrogens with zero attached hydrogens (tertiary/aromatic N) is 1. The van der Waals surface area contributed by atoms with Crippen molar-refractivity contribution in [3.8, 4) is 11.6 Å². The van der Waals surface area contributed by atoms with Gasteiger partial charge in [0.1, 0.15) is 5.75 Å². The first-order chi connectivity index (χ1) is 8.17. The Kier molecular flexibility index (Phi) is 3.96. The van der Waals surface area contributed by atoms with Crippen molar-refractivity contribution in [1.29, 1.82) is 0 Å². The number of hydrogen-bond acceptors (Lipinski definition) is 3. The fourth-order valence-corrected chi connectivity index (χ4v) is 2.02. The SMILES string of the molecule is Cc1cc(CO)cc(Oc2cccc(I)c2)n1. The van der Waals surface area contributed by atoms with Gasteiger partial charge in [-0.2, -0.15) is 0 Å². The van der Waals surface area contributed by atoms with Gasteiger partial charge in [-0.3, -0.25) is 0 Å². The van der Waals surface area contributed by atoms with Crippen LogP contribution in [0.25, 0.3) is 0 Å². The van der Waals surface area contributed by atoms with Crippen molar-refractivity contribution in [2.24, 2.45) is 0 Å². The topological polar surface area (TPSA) is 42.4 Å². The maximum absolute atomic E-state index is 9.11. The first-order valence-corrected chi connectivity index (χ1v) is 6.27. The number of aryl methyl sites for hydroxylation is 1. The molecule has 0 radical (unpaired) electrons. The van der Waals surface area contributed by atoms with Crippen LogP contribution in [0.5, 0.6) is 11.6 Å². The van der Waals surface area contributed by atoms with E-state index in [2.05, 4.69) is 27.6 Å². The molecule has 0 aliphatic rings. The molecule has 2 rings (SSSR count). The second-order valence-corrected chi connectivity index (χ2v) is 4.92. The number of halogens is 1. The van der Waals surface area contributed by atoms with Crippen molar-refractivity contribution in [2.75, 3.05) is 0 Å². The van der Waals surface area contributed by atoms with Crippen LogP contribution in [0.2, 0.25) is 0 Å². The average molecular weight is 341 g/mol. The molecule has 4 heteroatoms. The quantitative estimate of drug-likeness (QED) is 0.872. The summed E-state index contributed by atoms with van der Waals surface area (Å²) >= 11 is 2.23. The van der Waals surface area contributed by atoms with Crippen LogP contribution in [0.1, 0.15) is 11.3 Å². The van der Waals surface area contributed by atoms with E-state index in [9.17, 15) is 0 Å². The summed E-state index contributed by atoms with van der Waals surface area (Å²) in [6.45, 7) is 1.87. The molecule has 0 saturated carbocycles. The molecule has 1 aromatic carbocycles. The summed E-state index contributed by atoms with van der Waals surface area (Å²) in [6, 6.07) is 11.3. The fourth-order valence-electron chi connectivity index (χ4n) is 1.50. The third kappa shape index (κ3) is 3.41. The molecule has 1 aromatic heterocycles. The van der Waals surface area contributed by atoms with Crippen molar-refractivity contribution >= 4 is 22.6 Å². The minimum absolute atomic E-state index is 0.00789. The summed E-state index contributed by atoms with van der Waals surface area (Å²) < 4.78 is 6.76. The Labute approximate surface area is 114 Å². The van der Waals surface area contributed by atoms with Crippen molar-refractivity contribution < 1.29 is 9.84 Å². The van der Waals surface area contributed by atoms with Gasteiger partial charge in [0.15, 0.2) is 0 Å². The molecule has 0 aliphatic heterocycles. The molecular weight excluding hydrogens is 329 g/mol. The second-order valence-electron chi connectivity index (χ2n) is 3.67. The Balaban J connectivity index is 2.26. The van der Waals surface area contributed by atoms with E-state index in [0.717, 1.165) is 20.6 Å². The van der Waals surface area contributed by atoms with Gasteiger partial charge in [0, 0.05) is 15.3 Å². The highest BCUT2D eigenvalue weighted by atomic mass is 127. The number of aliphatic hydroxyl groups excluding tert-OH is 1. The minimum Gasteiger partial charge on any atom is -0.439 e. The van der Waals surface area contributed by atoms with Crippen LogP contribution in [-0.2, 0) is 6.61 Å². The zero-order chi connectivity index (χ0) is 12.3. The lowest BCUT2D eigenvalue weighted by Gasteiger charge is -2.07. The maximum Gasteiger partial charge on any atom is 0.219 e. The molecule has 3 nitrogen and oxygen atoms in total. The number of rotatable bonds is 3. The highest BCUT2D eigenvalue weighted by molar-refractivity contribution is 14.1. The second kappa shape index (κ2) is 5.46. The maximum atomic E-state index is 9.11. The van der Waals surface area contributed by atoms with Crippen LogP contribution >= 0.6 is 22.6 Å². The van der Waals surface area contributed by atoms with Crippen LogP contribution in [0.15, 0.2) is 36.4 Å². The van der Waals surface area contributed by atoms with Crippen LogP contribution in [-0.4, -0.2) is 10.1 Å². The summed E-state index contributed by atoms with van der Waals surface area (Å²) in [5, 5.41) is 9.11. The monoisotopic (exact) mass is 341 g/mol. The Morgan fingerprint density at radius 2 is 2.12 bits per heavy atom. The zero-order valence-electron chi connectivity index (χ0n) is 9.35.